The van der Waals surface area contributed by atoms with Crippen molar-refractivity contribution in [2.75, 3.05) is 13.1 Å². The van der Waals surface area contributed by atoms with Crippen LogP contribution >= 0.6 is 0 Å². The number of hydrogen-bond donors (Lipinski definition) is 1. The van der Waals surface area contributed by atoms with Gasteiger partial charge in [-0.15, -0.1) is 0 Å². The Hall–Kier alpha value is -1.71. The number of aliphatic hydroxyl groups is 1. The first kappa shape index (κ1) is 19.3. The molecule has 0 bridgehead atoms. The first-order valence-electron chi connectivity index (χ1n) is 7.31. The van der Waals surface area contributed by atoms with Crippen molar-refractivity contribution in [3.8, 4) is 0 Å². The number of rotatable bonds is 2. The number of aliphatic hydroxyl groups excluding tert-OH is 1. The van der Waals surface area contributed by atoms with Crippen LogP contribution in [0.4, 0.5) is 4.79 Å². The smallest absolute Gasteiger partial charge is 0.410 e. The first-order valence-corrected chi connectivity index (χ1v) is 7.31. The maximum Gasteiger partial charge on any atom is 0.410 e. The van der Waals surface area contributed by atoms with Crippen LogP contribution in [0.1, 0.15) is 40.5 Å². The zero-order chi connectivity index (χ0) is 16.5. The largest absolute Gasteiger partial charge is 0.508 e. The molecule has 0 aromatic rings. The number of amides is 1. The number of nitrogens with zero attached hydrogens (tertiary/aromatic N) is 1. The SMILES string of the molecule is C=C/C=C(/O)C=C.CC1CCCN(C(=O)OC(C)(C)C)C1. The lowest BCUT2D eigenvalue weighted by molar-refractivity contribution is 0.0174. The minimum Gasteiger partial charge on any atom is -0.508 e. The molecule has 120 valence electrons. The molecule has 4 heteroatoms. The second-order valence-corrected chi connectivity index (χ2v) is 6.21. The summed E-state index contributed by atoms with van der Waals surface area (Å²) in [5, 5.41) is 8.53. The van der Waals surface area contributed by atoms with Crippen LogP contribution in [0.25, 0.3) is 0 Å². The molecule has 0 saturated carbocycles. The van der Waals surface area contributed by atoms with Crippen molar-refractivity contribution >= 4 is 6.09 Å². The lowest BCUT2D eigenvalue weighted by Crippen LogP contribution is -2.42. The summed E-state index contributed by atoms with van der Waals surface area (Å²) in [6, 6.07) is 0. The van der Waals surface area contributed by atoms with E-state index in [-0.39, 0.29) is 17.5 Å². The van der Waals surface area contributed by atoms with E-state index >= 15 is 0 Å². The zero-order valence-electron chi connectivity index (χ0n) is 13.8. The van der Waals surface area contributed by atoms with Crippen LogP contribution in [0.5, 0.6) is 0 Å². The van der Waals surface area contributed by atoms with Crippen molar-refractivity contribution in [3.63, 3.8) is 0 Å². The van der Waals surface area contributed by atoms with E-state index in [0.29, 0.717) is 5.92 Å². The van der Waals surface area contributed by atoms with Crippen LogP contribution in [0.15, 0.2) is 37.1 Å². The van der Waals surface area contributed by atoms with Crippen molar-refractivity contribution in [1.82, 2.24) is 4.90 Å². The van der Waals surface area contributed by atoms with Gasteiger partial charge in [0.1, 0.15) is 11.4 Å². The third-order valence-electron chi connectivity index (χ3n) is 2.81. The monoisotopic (exact) mass is 295 g/mol. The van der Waals surface area contributed by atoms with E-state index in [1.54, 1.807) is 0 Å². The topological polar surface area (TPSA) is 49.8 Å². The van der Waals surface area contributed by atoms with Crippen LogP contribution in [0.2, 0.25) is 0 Å². The summed E-state index contributed by atoms with van der Waals surface area (Å²) in [6.07, 6.45) is 6.47. The van der Waals surface area contributed by atoms with E-state index in [1.165, 1.54) is 24.6 Å². The highest BCUT2D eigenvalue weighted by Crippen LogP contribution is 2.18. The van der Waals surface area contributed by atoms with Gasteiger partial charge in [0.15, 0.2) is 0 Å². The fourth-order valence-corrected chi connectivity index (χ4v) is 1.87. The molecule has 1 amide bonds. The molecule has 1 saturated heterocycles. The van der Waals surface area contributed by atoms with Crippen molar-refractivity contribution < 1.29 is 14.6 Å². The molecular formula is C17H29NO3. The molecule has 1 fully saturated rings. The minimum absolute atomic E-state index is 0.148. The van der Waals surface area contributed by atoms with Crippen LogP contribution < -0.4 is 0 Å². The average molecular weight is 295 g/mol. The fourth-order valence-electron chi connectivity index (χ4n) is 1.87. The fraction of sp³-hybridized carbons (Fsp3) is 0.588. The Balaban J connectivity index is 0.000000486. The molecule has 1 atom stereocenters. The molecule has 0 aromatic heterocycles. The van der Waals surface area contributed by atoms with Gasteiger partial charge in [0, 0.05) is 13.1 Å². The standard InChI is InChI=1S/C11H21NO2.C6H8O/c1-9-6-5-7-12(8-9)10(13)14-11(2,3)4;1-3-5-6(7)4-2/h9H,5-8H2,1-4H3;3-5,7H,1-2H2/b;6-5+. The van der Waals surface area contributed by atoms with Crippen LogP contribution in [-0.4, -0.2) is 34.8 Å². The molecule has 0 spiro atoms. The summed E-state index contributed by atoms with van der Waals surface area (Å²) in [4.78, 5) is 13.5. The minimum atomic E-state index is -0.377. The highest BCUT2D eigenvalue weighted by Gasteiger charge is 2.25. The number of likely N-dealkylation sites (tertiary alicyclic amines) is 1. The number of allylic oxidation sites excluding steroid dienone is 3. The van der Waals surface area contributed by atoms with Crippen molar-refractivity contribution in [2.24, 2.45) is 5.92 Å². The molecule has 1 aliphatic rings. The number of ether oxygens (including phenoxy) is 1. The second-order valence-electron chi connectivity index (χ2n) is 6.21. The van der Waals surface area contributed by atoms with Gasteiger partial charge in [-0.1, -0.05) is 26.2 Å². The molecular weight excluding hydrogens is 266 g/mol. The third-order valence-corrected chi connectivity index (χ3v) is 2.81. The molecule has 1 aliphatic heterocycles. The van der Waals surface area contributed by atoms with Crippen LogP contribution in [0.3, 0.4) is 0 Å². The summed E-state index contributed by atoms with van der Waals surface area (Å²) in [7, 11) is 0. The van der Waals surface area contributed by atoms with E-state index in [1.807, 2.05) is 25.7 Å². The number of piperidine rings is 1. The Bertz CT molecular complexity index is 380. The number of carbonyl (C=O) groups excluding carboxylic acids is 1. The van der Waals surface area contributed by atoms with Gasteiger partial charge in [-0.2, -0.15) is 0 Å². The predicted octanol–water partition coefficient (Wildman–Crippen LogP) is 4.45. The van der Waals surface area contributed by atoms with Gasteiger partial charge in [0.25, 0.3) is 0 Å². The normalized spacial score (nSPS) is 19.1. The van der Waals surface area contributed by atoms with Crippen molar-refractivity contribution in [2.45, 2.75) is 46.1 Å². The van der Waals surface area contributed by atoms with Gasteiger partial charge >= 0.3 is 6.09 Å². The number of carbonyl (C=O) groups is 1. The Morgan fingerprint density at radius 2 is 2.00 bits per heavy atom. The van der Waals surface area contributed by atoms with Gasteiger partial charge in [0.05, 0.1) is 0 Å². The highest BCUT2D eigenvalue weighted by atomic mass is 16.6. The van der Waals surface area contributed by atoms with Crippen molar-refractivity contribution in [3.05, 3.63) is 37.1 Å². The predicted molar refractivity (Wildman–Crippen MR) is 87.3 cm³/mol. The maximum absolute atomic E-state index is 11.7. The van der Waals surface area contributed by atoms with Gasteiger partial charge in [-0.3, -0.25) is 0 Å². The van der Waals surface area contributed by atoms with E-state index < -0.39 is 0 Å². The molecule has 1 rings (SSSR count). The highest BCUT2D eigenvalue weighted by molar-refractivity contribution is 5.68. The number of hydrogen-bond acceptors (Lipinski definition) is 3. The van der Waals surface area contributed by atoms with Gasteiger partial charge in [0.2, 0.25) is 0 Å². The summed E-state index contributed by atoms with van der Waals surface area (Å²) < 4.78 is 5.31. The molecule has 0 aliphatic carbocycles. The maximum atomic E-state index is 11.7. The average Bonchev–Trinajstić information content (AvgIpc) is 2.37. The van der Waals surface area contributed by atoms with E-state index in [0.717, 1.165) is 19.5 Å². The molecule has 1 unspecified atom stereocenters. The lowest BCUT2D eigenvalue weighted by atomic mass is 10.0. The van der Waals surface area contributed by atoms with E-state index in [2.05, 4.69) is 20.1 Å². The summed E-state index contributed by atoms with van der Waals surface area (Å²) in [5.74, 6) is 0.756. The van der Waals surface area contributed by atoms with E-state index in [4.69, 9.17) is 9.84 Å². The lowest BCUT2D eigenvalue weighted by Gasteiger charge is -2.32. The van der Waals surface area contributed by atoms with Gasteiger partial charge in [-0.05, 0) is 51.7 Å². The Kier molecular flexibility index (Phi) is 8.51. The van der Waals surface area contributed by atoms with Crippen LogP contribution in [-0.2, 0) is 4.74 Å². The molecule has 1 heterocycles. The summed E-state index contributed by atoms with van der Waals surface area (Å²) >= 11 is 0. The van der Waals surface area contributed by atoms with E-state index in [9.17, 15) is 4.79 Å². The molecule has 1 N–H and O–H groups in total. The van der Waals surface area contributed by atoms with Gasteiger partial charge < -0.3 is 14.7 Å². The van der Waals surface area contributed by atoms with Crippen molar-refractivity contribution in [1.29, 1.82) is 0 Å². The molecule has 0 aromatic carbocycles. The Morgan fingerprint density at radius 3 is 2.38 bits per heavy atom. The summed E-state index contributed by atoms with van der Waals surface area (Å²) in [5.41, 5.74) is -0.377. The molecule has 0 radical (unpaired) electrons. The first-order chi connectivity index (χ1) is 9.69. The quantitative estimate of drug-likeness (QED) is 0.604. The Labute approximate surface area is 128 Å². The second kappa shape index (κ2) is 9.27. The Morgan fingerprint density at radius 1 is 1.38 bits per heavy atom. The molecule has 21 heavy (non-hydrogen) atoms. The molecule has 4 nitrogen and oxygen atoms in total. The zero-order valence-corrected chi connectivity index (χ0v) is 13.8. The third kappa shape index (κ3) is 9.77. The van der Waals surface area contributed by atoms with Crippen LogP contribution in [0, 0.1) is 5.92 Å². The summed E-state index contributed by atoms with van der Waals surface area (Å²) in [6.45, 7) is 16.2. The van der Waals surface area contributed by atoms with Gasteiger partial charge in [-0.25, -0.2) is 4.79 Å².